The molecule has 2 N–H and O–H groups in total. The van der Waals surface area contributed by atoms with Crippen LogP contribution in [0.2, 0.25) is 0 Å². The molecule has 2 rings (SSSR count). The Hall–Kier alpha value is -1.36. The predicted octanol–water partition coefficient (Wildman–Crippen LogP) is 3.78. The molecule has 0 radical (unpaired) electrons. The van der Waals surface area contributed by atoms with Gasteiger partial charge in [0.25, 0.3) is 0 Å². The van der Waals surface area contributed by atoms with Gasteiger partial charge in [-0.25, -0.2) is 4.39 Å². The summed E-state index contributed by atoms with van der Waals surface area (Å²) in [5, 5.41) is 3.76. The van der Waals surface area contributed by atoms with Gasteiger partial charge in [0, 0.05) is 11.1 Å². The number of aromatic nitrogens is 1. The first-order valence-electron chi connectivity index (χ1n) is 5.33. The second-order valence-electron chi connectivity index (χ2n) is 3.75. The Balaban J connectivity index is 2.48. The van der Waals surface area contributed by atoms with Crippen molar-refractivity contribution in [1.29, 1.82) is 0 Å². The summed E-state index contributed by atoms with van der Waals surface area (Å²) < 4.78 is 18.8. The van der Waals surface area contributed by atoms with Gasteiger partial charge in [0.15, 0.2) is 11.6 Å². The lowest BCUT2D eigenvalue weighted by molar-refractivity contribution is 0.435. The van der Waals surface area contributed by atoms with Crippen LogP contribution in [-0.4, -0.2) is 5.16 Å². The summed E-state index contributed by atoms with van der Waals surface area (Å²) in [6.45, 7) is 2.05. The zero-order chi connectivity index (χ0) is 12.4. The van der Waals surface area contributed by atoms with E-state index in [0.717, 1.165) is 24.0 Å². The van der Waals surface area contributed by atoms with Crippen molar-refractivity contribution in [2.45, 2.75) is 19.8 Å². The fourth-order valence-electron chi connectivity index (χ4n) is 1.68. The van der Waals surface area contributed by atoms with Crippen LogP contribution in [0.15, 0.2) is 27.2 Å². The second kappa shape index (κ2) is 4.87. The lowest BCUT2D eigenvalue weighted by atomic mass is 10.1. The van der Waals surface area contributed by atoms with E-state index in [2.05, 4.69) is 28.0 Å². The van der Waals surface area contributed by atoms with Crippen LogP contribution in [0.3, 0.4) is 0 Å². The predicted molar refractivity (Wildman–Crippen MR) is 68.0 cm³/mol. The first kappa shape index (κ1) is 12.1. The van der Waals surface area contributed by atoms with Crippen molar-refractivity contribution < 1.29 is 8.91 Å². The number of rotatable bonds is 3. The van der Waals surface area contributed by atoms with Gasteiger partial charge < -0.3 is 10.3 Å². The van der Waals surface area contributed by atoms with Crippen LogP contribution in [-0.2, 0) is 6.42 Å². The number of nitrogens with zero attached hydrogens (tertiary/aromatic N) is 1. The average molecular weight is 299 g/mol. The van der Waals surface area contributed by atoms with E-state index < -0.39 is 0 Å². The third-order valence-electron chi connectivity index (χ3n) is 2.50. The summed E-state index contributed by atoms with van der Waals surface area (Å²) in [4.78, 5) is 0. The molecule has 2 aromatic rings. The molecule has 90 valence electrons. The number of halogens is 2. The van der Waals surface area contributed by atoms with Crippen LogP contribution in [0.1, 0.15) is 18.9 Å². The number of nitrogens with two attached hydrogens (primary N) is 1. The second-order valence-corrected chi connectivity index (χ2v) is 4.61. The molecular weight excluding hydrogens is 287 g/mol. The quantitative estimate of drug-likeness (QED) is 0.938. The summed E-state index contributed by atoms with van der Waals surface area (Å²) in [6, 6.07) is 4.70. The SMILES string of the molecule is CCCc1c(N)noc1-c1ccc(F)c(Br)c1. The topological polar surface area (TPSA) is 52.0 Å². The molecule has 0 aliphatic heterocycles. The van der Waals surface area contributed by atoms with Crippen molar-refractivity contribution in [3.63, 3.8) is 0 Å². The van der Waals surface area contributed by atoms with Gasteiger partial charge in [-0.15, -0.1) is 0 Å². The Kier molecular flexibility index (Phi) is 3.47. The van der Waals surface area contributed by atoms with E-state index in [1.807, 2.05) is 0 Å². The van der Waals surface area contributed by atoms with E-state index in [1.165, 1.54) is 6.07 Å². The molecule has 1 aromatic carbocycles. The van der Waals surface area contributed by atoms with Gasteiger partial charge >= 0.3 is 0 Å². The molecule has 0 aliphatic rings. The highest BCUT2D eigenvalue weighted by atomic mass is 79.9. The molecule has 17 heavy (non-hydrogen) atoms. The summed E-state index contributed by atoms with van der Waals surface area (Å²) >= 11 is 3.15. The monoisotopic (exact) mass is 298 g/mol. The standard InChI is InChI=1S/C12H12BrFN2O/c1-2-3-8-11(17-16-12(8)15)7-4-5-10(14)9(13)6-7/h4-6H,2-3H2,1H3,(H2,15,16). The minimum atomic E-state index is -0.307. The minimum Gasteiger partial charge on any atom is -0.381 e. The lowest BCUT2D eigenvalue weighted by Gasteiger charge is -2.02. The third-order valence-corrected chi connectivity index (χ3v) is 3.11. The molecule has 0 spiro atoms. The van der Waals surface area contributed by atoms with Gasteiger partial charge in [-0.3, -0.25) is 0 Å². The van der Waals surface area contributed by atoms with E-state index in [0.29, 0.717) is 16.1 Å². The molecule has 5 heteroatoms. The highest BCUT2D eigenvalue weighted by Crippen LogP contribution is 2.31. The van der Waals surface area contributed by atoms with Crippen molar-refractivity contribution in [3.05, 3.63) is 34.1 Å². The van der Waals surface area contributed by atoms with Crippen molar-refractivity contribution >= 4 is 21.7 Å². The molecule has 0 saturated carbocycles. The van der Waals surface area contributed by atoms with E-state index in [-0.39, 0.29) is 5.82 Å². The van der Waals surface area contributed by atoms with Gasteiger partial charge in [-0.1, -0.05) is 18.5 Å². The number of hydrogen-bond acceptors (Lipinski definition) is 3. The zero-order valence-electron chi connectivity index (χ0n) is 9.34. The summed E-state index contributed by atoms with van der Waals surface area (Å²) in [5.74, 6) is 0.714. The fourth-order valence-corrected chi connectivity index (χ4v) is 2.06. The van der Waals surface area contributed by atoms with Crippen molar-refractivity contribution in [2.75, 3.05) is 5.73 Å². The molecule has 1 aromatic heterocycles. The Morgan fingerprint density at radius 2 is 2.24 bits per heavy atom. The number of benzene rings is 1. The summed E-state index contributed by atoms with van der Waals surface area (Å²) in [6.07, 6.45) is 1.74. The first-order valence-corrected chi connectivity index (χ1v) is 6.12. The number of hydrogen-bond donors (Lipinski definition) is 1. The average Bonchev–Trinajstić information content (AvgIpc) is 2.66. The molecule has 0 amide bonds. The Morgan fingerprint density at radius 3 is 2.88 bits per heavy atom. The fraction of sp³-hybridized carbons (Fsp3) is 0.250. The van der Waals surface area contributed by atoms with Crippen LogP contribution >= 0.6 is 15.9 Å². The molecular formula is C12H12BrFN2O. The molecule has 1 heterocycles. The van der Waals surface area contributed by atoms with Crippen molar-refractivity contribution in [2.24, 2.45) is 0 Å². The third kappa shape index (κ3) is 2.34. The van der Waals surface area contributed by atoms with E-state index >= 15 is 0 Å². The molecule has 0 bridgehead atoms. The van der Waals surface area contributed by atoms with Gasteiger partial charge in [0.1, 0.15) is 5.82 Å². The van der Waals surface area contributed by atoms with Crippen molar-refractivity contribution in [1.82, 2.24) is 5.16 Å². The highest BCUT2D eigenvalue weighted by molar-refractivity contribution is 9.10. The van der Waals surface area contributed by atoms with Crippen molar-refractivity contribution in [3.8, 4) is 11.3 Å². The normalized spacial score (nSPS) is 10.8. The Morgan fingerprint density at radius 1 is 1.47 bits per heavy atom. The molecule has 3 nitrogen and oxygen atoms in total. The molecule has 0 saturated heterocycles. The van der Waals surface area contributed by atoms with Crippen LogP contribution < -0.4 is 5.73 Å². The minimum absolute atomic E-state index is 0.307. The van der Waals surface area contributed by atoms with E-state index in [9.17, 15) is 4.39 Å². The summed E-state index contributed by atoms with van der Waals surface area (Å²) in [5.41, 5.74) is 7.39. The number of nitrogen functional groups attached to an aromatic ring is 1. The van der Waals surface area contributed by atoms with Crippen LogP contribution in [0.4, 0.5) is 10.2 Å². The lowest BCUT2D eigenvalue weighted by Crippen LogP contribution is -1.92. The maximum atomic E-state index is 13.2. The van der Waals surface area contributed by atoms with Gasteiger partial charge in [-0.05, 0) is 40.5 Å². The highest BCUT2D eigenvalue weighted by Gasteiger charge is 2.15. The van der Waals surface area contributed by atoms with Crippen LogP contribution in [0.25, 0.3) is 11.3 Å². The van der Waals surface area contributed by atoms with E-state index in [4.69, 9.17) is 10.3 Å². The largest absolute Gasteiger partial charge is 0.381 e. The molecule has 0 aliphatic carbocycles. The zero-order valence-corrected chi connectivity index (χ0v) is 10.9. The first-order chi connectivity index (χ1) is 8.13. The van der Waals surface area contributed by atoms with E-state index in [1.54, 1.807) is 12.1 Å². The maximum Gasteiger partial charge on any atom is 0.172 e. The Labute approximate surface area is 107 Å². The molecule has 0 atom stereocenters. The van der Waals surface area contributed by atoms with Gasteiger partial charge in [-0.2, -0.15) is 0 Å². The molecule has 0 unspecified atom stereocenters. The summed E-state index contributed by atoms with van der Waals surface area (Å²) in [7, 11) is 0. The van der Waals surface area contributed by atoms with Crippen LogP contribution in [0, 0.1) is 5.82 Å². The van der Waals surface area contributed by atoms with Gasteiger partial charge in [0.05, 0.1) is 4.47 Å². The Bertz CT molecular complexity index is 539. The smallest absolute Gasteiger partial charge is 0.172 e. The maximum absolute atomic E-state index is 13.2. The van der Waals surface area contributed by atoms with Crippen LogP contribution in [0.5, 0.6) is 0 Å². The van der Waals surface area contributed by atoms with Gasteiger partial charge in [0.2, 0.25) is 0 Å². The molecule has 0 fully saturated rings. The number of anilines is 1.